The van der Waals surface area contributed by atoms with Crippen molar-refractivity contribution in [3.63, 3.8) is 0 Å². The largest absolute Gasteiger partial charge is 0.446 e. The fraction of sp³-hybridized carbons (Fsp3) is 0.897. The summed E-state index contributed by atoms with van der Waals surface area (Å²) in [4.78, 5) is 30.1. The number of ether oxygens (including phenoxy) is 1. The molecule has 0 bridgehead atoms. The van der Waals surface area contributed by atoms with E-state index in [1.165, 1.54) is 50.5 Å². The summed E-state index contributed by atoms with van der Waals surface area (Å²) in [7, 11) is -4.28. The molecule has 4 aliphatic carbocycles. The molecule has 4 aliphatic rings. The summed E-state index contributed by atoms with van der Waals surface area (Å²) < 4.78 is 16.6. The summed E-state index contributed by atoms with van der Waals surface area (Å²) >= 11 is 0. The molecule has 4 rings (SSSR count). The first-order valence-corrected chi connectivity index (χ1v) is 16.3. The van der Waals surface area contributed by atoms with Gasteiger partial charge in [0.05, 0.1) is 0 Å². The highest BCUT2D eigenvalue weighted by molar-refractivity contribution is 7.51. The lowest BCUT2D eigenvalue weighted by Gasteiger charge is -2.58. The molecule has 36 heavy (non-hydrogen) atoms. The van der Waals surface area contributed by atoms with E-state index >= 15 is 0 Å². The molecule has 1 amide bonds. The minimum atomic E-state index is -4.28. The summed E-state index contributed by atoms with van der Waals surface area (Å²) in [5.41, 5.74) is 2.12. The maximum atomic E-state index is 12.1. The second kappa shape index (κ2) is 10.7. The third kappa shape index (κ3) is 5.76. The second-order valence-corrected chi connectivity index (χ2v) is 15.2. The van der Waals surface area contributed by atoms with Crippen LogP contribution >= 0.6 is 7.60 Å². The fourth-order valence-electron chi connectivity index (χ4n) is 9.11. The van der Waals surface area contributed by atoms with Gasteiger partial charge in [0.2, 0.25) is 0 Å². The molecule has 206 valence electrons. The third-order valence-electron chi connectivity index (χ3n) is 11.0. The van der Waals surface area contributed by atoms with Crippen LogP contribution < -0.4 is 5.32 Å². The lowest BCUT2D eigenvalue weighted by atomic mass is 9.47. The van der Waals surface area contributed by atoms with Gasteiger partial charge in [0.25, 0.3) is 0 Å². The zero-order valence-corrected chi connectivity index (χ0v) is 24.1. The van der Waals surface area contributed by atoms with Gasteiger partial charge in [0, 0.05) is 6.42 Å². The first kappa shape index (κ1) is 28.2. The molecule has 0 aromatic carbocycles. The van der Waals surface area contributed by atoms with Gasteiger partial charge in [-0.15, -0.1) is 0 Å². The zero-order valence-electron chi connectivity index (χ0n) is 23.2. The Hall–Kier alpha value is -0.840. The molecule has 8 atom stereocenters. The maximum absolute atomic E-state index is 12.1. The normalized spacial score (nSPS) is 39.0. The Morgan fingerprint density at radius 3 is 2.56 bits per heavy atom. The van der Waals surface area contributed by atoms with Crippen LogP contribution in [-0.4, -0.2) is 28.3 Å². The minimum Gasteiger partial charge on any atom is -0.446 e. The number of rotatable bonds is 8. The number of hydrogen-bond donors (Lipinski definition) is 3. The second-order valence-electron chi connectivity index (χ2n) is 13.6. The predicted octanol–water partition coefficient (Wildman–Crippen LogP) is 7.26. The molecule has 3 saturated carbocycles. The first-order valence-electron chi connectivity index (χ1n) is 14.5. The van der Waals surface area contributed by atoms with E-state index in [9.17, 15) is 9.36 Å². The molecule has 0 aromatic heterocycles. The van der Waals surface area contributed by atoms with Crippen LogP contribution in [-0.2, 0) is 9.30 Å². The van der Waals surface area contributed by atoms with E-state index in [4.69, 9.17) is 14.5 Å². The van der Waals surface area contributed by atoms with Crippen LogP contribution in [0.4, 0.5) is 4.79 Å². The minimum absolute atomic E-state index is 0.188. The summed E-state index contributed by atoms with van der Waals surface area (Å²) in [6, 6.07) is 0. The van der Waals surface area contributed by atoms with Crippen molar-refractivity contribution in [2.45, 2.75) is 111 Å². The zero-order chi connectivity index (χ0) is 26.3. The summed E-state index contributed by atoms with van der Waals surface area (Å²) in [6.45, 7) is 12.3. The summed E-state index contributed by atoms with van der Waals surface area (Å²) in [5.74, 6) is 4.81. The van der Waals surface area contributed by atoms with Gasteiger partial charge in [0.15, 0.2) is 0 Å². The Labute approximate surface area is 218 Å². The smallest absolute Gasteiger partial charge is 0.407 e. The number of hydrogen-bond acceptors (Lipinski definition) is 3. The monoisotopic (exact) mass is 523 g/mol. The molecule has 0 aromatic rings. The van der Waals surface area contributed by atoms with Crippen molar-refractivity contribution >= 4 is 13.7 Å². The molecule has 0 radical (unpaired) electrons. The van der Waals surface area contributed by atoms with Crippen LogP contribution in [0.2, 0.25) is 0 Å². The van der Waals surface area contributed by atoms with Crippen molar-refractivity contribution < 1.29 is 23.9 Å². The Bertz CT molecular complexity index is 883. The van der Waals surface area contributed by atoms with E-state index in [0.717, 1.165) is 61.2 Å². The van der Waals surface area contributed by atoms with E-state index in [2.05, 4.69) is 46.0 Å². The summed E-state index contributed by atoms with van der Waals surface area (Å²) in [5, 5.41) is 2.21. The molecule has 7 heteroatoms. The van der Waals surface area contributed by atoms with Crippen molar-refractivity contribution in [3.05, 3.63) is 11.6 Å². The standard InChI is InChI=1S/C29H50NO5P/c1-19(2)7-6-8-20(3)24-11-12-25-23-10-9-21-17-22(35-27(31)30-18-36(32,33)34)13-15-28(21,4)26(23)14-16-29(24,25)5/h9,19-20,22-26H,6-8,10-18H2,1-5H3,(H,30,31)(H2,32,33,34)/t20-,22+,23+,24?,25?,26?,28+,29-/m1/s1. The van der Waals surface area contributed by atoms with Gasteiger partial charge in [-0.2, -0.15) is 0 Å². The van der Waals surface area contributed by atoms with Crippen LogP contribution in [0, 0.1) is 46.3 Å². The Balaban J connectivity index is 1.39. The number of alkyl carbamates (subject to hydrolysis) is 1. The van der Waals surface area contributed by atoms with Gasteiger partial charge in [0.1, 0.15) is 12.4 Å². The highest BCUT2D eigenvalue weighted by Crippen LogP contribution is 2.67. The van der Waals surface area contributed by atoms with Crippen molar-refractivity contribution in [1.82, 2.24) is 5.32 Å². The maximum Gasteiger partial charge on any atom is 0.407 e. The van der Waals surface area contributed by atoms with E-state index < -0.39 is 20.0 Å². The van der Waals surface area contributed by atoms with Gasteiger partial charge in [-0.3, -0.25) is 4.57 Å². The van der Waals surface area contributed by atoms with Crippen molar-refractivity contribution in [2.24, 2.45) is 46.3 Å². The van der Waals surface area contributed by atoms with Gasteiger partial charge < -0.3 is 19.8 Å². The molecule has 3 unspecified atom stereocenters. The highest BCUT2D eigenvalue weighted by Gasteiger charge is 2.59. The average molecular weight is 524 g/mol. The molecule has 0 spiro atoms. The number of carbonyl (C=O) groups excluding carboxylic acids is 1. The van der Waals surface area contributed by atoms with Gasteiger partial charge in [-0.25, -0.2) is 4.79 Å². The molecule has 0 aliphatic heterocycles. The van der Waals surface area contributed by atoms with Crippen LogP contribution in [0.5, 0.6) is 0 Å². The van der Waals surface area contributed by atoms with Crippen LogP contribution in [0.25, 0.3) is 0 Å². The van der Waals surface area contributed by atoms with E-state index in [-0.39, 0.29) is 11.5 Å². The molecular weight excluding hydrogens is 473 g/mol. The SMILES string of the molecule is CC(C)CCC[C@@H](C)C1CCC2[C@@H]3CC=C4C[C@@H](OC(=O)NCP(=O)(O)O)CC[C@]4(C)C3CC[C@@]21C. The van der Waals surface area contributed by atoms with E-state index in [1.807, 2.05) is 0 Å². The average Bonchev–Trinajstić information content (AvgIpc) is 3.14. The number of carbonyl (C=O) groups is 1. The lowest BCUT2D eigenvalue weighted by Crippen LogP contribution is -2.51. The first-order chi connectivity index (χ1) is 16.8. The van der Waals surface area contributed by atoms with Gasteiger partial charge >= 0.3 is 13.7 Å². The number of fused-ring (bicyclic) bond motifs is 5. The van der Waals surface area contributed by atoms with Gasteiger partial charge in [-0.05, 0) is 91.3 Å². The lowest BCUT2D eigenvalue weighted by molar-refractivity contribution is -0.0581. The van der Waals surface area contributed by atoms with Crippen molar-refractivity contribution in [3.8, 4) is 0 Å². The molecule has 3 fully saturated rings. The Kier molecular flexibility index (Phi) is 8.40. The van der Waals surface area contributed by atoms with Crippen LogP contribution in [0.15, 0.2) is 11.6 Å². The van der Waals surface area contributed by atoms with E-state index in [0.29, 0.717) is 5.41 Å². The van der Waals surface area contributed by atoms with Crippen molar-refractivity contribution in [2.75, 3.05) is 6.29 Å². The summed E-state index contributed by atoms with van der Waals surface area (Å²) in [6.07, 6.45) is 14.2. The topological polar surface area (TPSA) is 95.9 Å². The van der Waals surface area contributed by atoms with E-state index in [1.54, 1.807) is 0 Å². The number of nitrogens with one attached hydrogen (secondary N) is 1. The predicted molar refractivity (Wildman–Crippen MR) is 143 cm³/mol. The number of amides is 1. The third-order valence-corrected chi connectivity index (χ3v) is 11.5. The van der Waals surface area contributed by atoms with Crippen LogP contribution in [0.1, 0.15) is 105 Å². The quantitative estimate of drug-likeness (QED) is 0.230. The van der Waals surface area contributed by atoms with Crippen LogP contribution in [0.3, 0.4) is 0 Å². The molecule has 0 saturated heterocycles. The number of allylic oxidation sites excluding steroid dienone is 1. The highest BCUT2D eigenvalue weighted by atomic mass is 31.2. The fourth-order valence-corrected chi connectivity index (χ4v) is 9.45. The Morgan fingerprint density at radius 1 is 1.11 bits per heavy atom. The van der Waals surface area contributed by atoms with Crippen molar-refractivity contribution in [1.29, 1.82) is 0 Å². The molecule has 0 heterocycles. The van der Waals surface area contributed by atoms with Gasteiger partial charge in [-0.1, -0.05) is 65.5 Å². The Morgan fingerprint density at radius 2 is 1.86 bits per heavy atom. The molecular formula is C29H50NO5P. The molecule has 6 nitrogen and oxygen atoms in total. The molecule has 3 N–H and O–H groups in total.